The third kappa shape index (κ3) is 4.69. The highest BCUT2D eigenvalue weighted by Gasteiger charge is 2.63. The molecule has 0 aromatic heterocycles. The van der Waals surface area contributed by atoms with Crippen molar-refractivity contribution in [3.63, 3.8) is 0 Å². The van der Waals surface area contributed by atoms with Gasteiger partial charge < -0.3 is 24.2 Å². The number of aliphatic hydroxyl groups is 1. The van der Waals surface area contributed by atoms with Gasteiger partial charge >= 0.3 is 0 Å². The summed E-state index contributed by atoms with van der Waals surface area (Å²) in [5, 5.41) is 11.2. The first-order valence-electron chi connectivity index (χ1n) is 13.3. The number of nitrogens with zero attached hydrogens (tertiary/aromatic N) is 3. The van der Waals surface area contributed by atoms with Gasteiger partial charge in [0.15, 0.2) is 17.0 Å². The second-order valence-corrected chi connectivity index (χ2v) is 12.7. The standard InChI is InChI=1S/C30H32ClN3O8S/c1-32(2)28(36)24-15-19(35)17-33(24)30(21-8-6-7-9-25(21)40-3)22-14-18(31)10-12-23(22)34(29(30)37)43(38,39)20-11-13-26(41-4)27(16-20)42-5/h6-14,16,19,24,35H,15,17H2,1-5H3. The molecule has 0 aliphatic carbocycles. The van der Waals surface area contributed by atoms with Crippen LogP contribution in [0.2, 0.25) is 5.02 Å². The molecule has 3 aromatic carbocycles. The van der Waals surface area contributed by atoms with Gasteiger partial charge in [0.2, 0.25) is 5.91 Å². The van der Waals surface area contributed by atoms with Crippen molar-refractivity contribution < 1.29 is 37.3 Å². The lowest BCUT2D eigenvalue weighted by molar-refractivity contribution is -0.138. The van der Waals surface area contributed by atoms with Gasteiger partial charge in [-0.25, -0.2) is 12.7 Å². The van der Waals surface area contributed by atoms with Crippen molar-refractivity contribution in [2.24, 2.45) is 0 Å². The van der Waals surface area contributed by atoms with Crippen LogP contribution in [0.4, 0.5) is 5.69 Å². The van der Waals surface area contributed by atoms with Crippen molar-refractivity contribution in [2.45, 2.75) is 29.0 Å². The Balaban J connectivity index is 1.85. The summed E-state index contributed by atoms with van der Waals surface area (Å²) >= 11 is 6.51. The minimum absolute atomic E-state index is 0.0273. The normalized spacial score (nSPS) is 21.9. The first-order chi connectivity index (χ1) is 20.4. The number of ether oxygens (including phenoxy) is 3. The van der Waals surface area contributed by atoms with Crippen molar-refractivity contribution in [1.82, 2.24) is 9.80 Å². The molecule has 1 N–H and O–H groups in total. The molecule has 5 rings (SSSR count). The maximum Gasteiger partial charge on any atom is 0.271 e. The highest BCUT2D eigenvalue weighted by molar-refractivity contribution is 7.93. The van der Waals surface area contributed by atoms with Crippen molar-refractivity contribution in [1.29, 1.82) is 0 Å². The molecular formula is C30H32ClN3O8S. The molecule has 3 atom stereocenters. The summed E-state index contributed by atoms with van der Waals surface area (Å²) in [5.41, 5.74) is -1.36. The van der Waals surface area contributed by atoms with Crippen LogP contribution in [0.15, 0.2) is 65.6 Å². The zero-order valence-corrected chi connectivity index (χ0v) is 25.8. The second kappa shape index (κ2) is 11.3. The number of likely N-dealkylation sites (N-methyl/N-ethyl adjacent to an activating group) is 1. The maximum atomic E-state index is 15.1. The Bertz CT molecular complexity index is 1700. The molecule has 1 saturated heterocycles. The number of hydrogen-bond donors (Lipinski definition) is 1. The molecule has 43 heavy (non-hydrogen) atoms. The van der Waals surface area contributed by atoms with Gasteiger partial charge in [-0.2, -0.15) is 0 Å². The number of fused-ring (bicyclic) bond motifs is 1. The van der Waals surface area contributed by atoms with Gasteiger partial charge in [0.05, 0.1) is 44.1 Å². The van der Waals surface area contributed by atoms with Crippen LogP contribution < -0.4 is 18.5 Å². The van der Waals surface area contributed by atoms with Crippen LogP contribution in [-0.4, -0.2) is 89.3 Å². The molecule has 2 amide bonds. The van der Waals surface area contributed by atoms with Crippen LogP contribution in [0.1, 0.15) is 17.5 Å². The van der Waals surface area contributed by atoms with Gasteiger partial charge in [0, 0.05) is 42.9 Å². The molecule has 13 heteroatoms. The average Bonchev–Trinajstić information content (AvgIpc) is 3.50. The summed E-state index contributed by atoms with van der Waals surface area (Å²) in [7, 11) is 2.81. The molecule has 2 aliphatic rings. The van der Waals surface area contributed by atoms with Crippen LogP contribution in [0.25, 0.3) is 0 Å². The Labute approximate surface area is 255 Å². The molecule has 3 unspecified atom stereocenters. The van der Waals surface area contributed by atoms with E-state index >= 15 is 4.79 Å². The van der Waals surface area contributed by atoms with Gasteiger partial charge in [0.25, 0.3) is 15.9 Å². The fourth-order valence-electron chi connectivity index (χ4n) is 6.02. The number of likely N-dealkylation sites (tertiary alicyclic amines) is 1. The molecule has 2 heterocycles. The summed E-state index contributed by atoms with van der Waals surface area (Å²) < 4.78 is 45.9. The summed E-state index contributed by atoms with van der Waals surface area (Å²) in [6, 6.07) is 14.2. The van der Waals surface area contributed by atoms with Crippen LogP contribution in [-0.2, 0) is 25.2 Å². The number of rotatable bonds is 8. The molecule has 2 aliphatic heterocycles. The van der Waals surface area contributed by atoms with Gasteiger partial charge in [0.1, 0.15) is 5.75 Å². The number of carbonyl (C=O) groups is 2. The predicted octanol–water partition coefficient (Wildman–Crippen LogP) is 2.87. The monoisotopic (exact) mass is 629 g/mol. The number of hydrogen-bond acceptors (Lipinski definition) is 9. The Hall–Kier alpha value is -3.84. The quantitative estimate of drug-likeness (QED) is 0.400. The maximum absolute atomic E-state index is 15.1. The minimum atomic E-state index is -4.59. The van der Waals surface area contributed by atoms with E-state index in [9.17, 15) is 18.3 Å². The van der Waals surface area contributed by atoms with Crippen molar-refractivity contribution in [2.75, 3.05) is 46.3 Å². The number of β-amino-alcohol motifs (C(OH)–C–C–N with tert-alkyl or cyclic N) is 1. The third-order valence-corrected chi connectivity index (χ3v) is 9.81. The number of aliphatic hydroxyl groups excluding tert-OH is 1. The minimum Gasteiger partial charge on any atom is -0.496 e. The fraction of sp³-hybridized carbons (Fsp3) is 0.333. The molecule has 0 bridgehead atoms. The predicted molar refractivity (Wildman–Crippen MR) is 159 cm³/mol. The molecule has 0 spiro atoms. The highest BCUT2D eigenvalue weighted by atomic mass is 35.5. The van der Waals surface area contributed by atoms with Gasteiger partial charge in [-0.1, -0.05) is 29.8 Å². The number of methoxy groups -OCH3 is 3. The van der Waals surface area contributed by atoms with E-state index in [0.717, 1.165) is 4.31 Å². The van der Waals surface area contributed by atoms with Crippen molar-refractivity contribution in [3.05, 3.63) is 76.8 Å². The van der Waals surface area contributed by atoms with E-state index < -0.39 is 33.6 Å². The highest BCUT2D eigenvalue weighted by Crippen LogP contribution is 2.55. The molecule has 3 aromatic rings. The van der Waals surface area contributed by atoms with E-state index in [4.69, 9.17) is 25.8 Å². The Morgan fingerprint density at radius 2 is 1.63 bits per heavy atom. The number of halogens is 1. The second-order valence-electron chi connectivity index (χ2n) is 10.5. The first-order valence-corrected chi connectivity index (χ1v) is 15.2. The Morgan fingerprint density at radius 1 is 0.953 bits per heavy atom. The molecule has 0 saturated carbocycles. The number of para-hydroxylation sites is 1. The number of amides is 2. The lowest BCUT2D eigenvalue weighted by Gasteiger charge is -2.42. The van der Waals surface area contributed by atoms with Crippen molar-refractivity contribution >= 4 is 39.1 Å². The van der Waals surface area contributed by atoms with Crippen LogP contribution in [0.3, 0.4) is 0 Å². The van der Waals surface area contributed by atoms with Gasteiger partial charge in [-0.15, -0.1) is 0 Å². The summed E-state index contributed by atoms with van der Waals surface area (Å²) in [4.78, 5) is 31.4. The smallest absolute Gasteiger partial charge is 0.271 e. The molecular weight excluding hydrogens is 598 g/mol. The number of carbonyl (C=O) groups excluding carboxylic acids is 2. The number of anilines is 1. The van der Waals surface area contributed by atoms with Gasteiger partial charge in [-0.3, -0.25) is 14.5 Å². The van der Waals surface area contributed by atoms with Crippen molar-refractivity contribution in [3.8, 4) is 17.2 Å². The van der Waals surface area contributed by atoms with E-state index in [-0.39, 0.29) is 51.5 Å². The SMILES string of the molecule is COc1ccc(S(=O)(=O)N2C(=O)C(c3ccccc3OC)(N3CC(O)CC3C(=O)N(C)C)c3cc(Cl)ccc32)cc1OC. The summed E-state index contributed by atoms with van der Waals surface area (Å²) in [6.07, 6.45) is -0.952. The third-order valence-electron chi connectivity index (χ3n) is 7.89. The number of benzene rings is 3. The summed E-state index contributed by atoms with van der Waals surface area (Å²) in [6.45, 7) is -0.107. The van der Waals surface area contributed by atoms with E-state index in [0.29, 0.717) is 11.3 Å². The molecule has 1 fully saturated rings. The zero-order chi connectivity index (χ0) is 31.3. The van der Waals surface area contributed by atoms with Crippen LogP contribution >= 0.6 is 11.6 Å². The lowest BCUT2D eigenvalue weighted by Crippen LogP contribution is -2.59. The van der Waals surface area contributed by atoms with E-state index in [2.05, 4.69) is 0 Å². The molecule has 11 nitrogen and oxygen atoms in total. The van der Waals surface area contributed by atoms with E-state index in [1.165, 1.54) is 62.6 Å². The van der Waals surface area contributed by atoms with E-state index in [1.54, 1.807) is 43.3 Å². The lowest BCUT2D eigenvalue weighted by atomic mass is 9.80. The van der Waals surface area contributed by atoms with E-state index in [1.807, 2.05) is 0 Å². The summed E-state index contributed by atoms with van der Waals surface area (Å²) in [5.74, 6) is -0.495. The zero-order valence-electron chi connectivity index (χ0n) is 24.3. The molecule has 0 radical (unpaired) electrons. The topological polar surface area (TPSA) is 126 Å². The van der Waals surface area contributed by atoms with Crippen LogP contribution in [0.5, 0.6) is 17.2 Å². The largest absolute Gasteiger partial charge is 0.496 e. The fourth-order valence-corrected chi connectivity index (χ4v) is 7.67. The van der Waals surface area contributed by atoms with Crippen LogP contribution in [0, 0.1) is 0 Å². The Kier molecular flexibility index (Phi) is 8.07. The average molecular weight is 630 g/mol. The first kappa shape index (κ1) is 30.6. The number of sulfonamides is 1. The van der Waals surface area contributed by atoms with Gasteiger partial charge in [-0.05, 0) is 42.8 Å². The molecule has 228 valence electrons. The Morgan fingerprint density at radius 3 is 2.28 bits per heavy atom.